The summed E-state index contributed by atoms with van der Waals surface area (Å²) in [7, 11) is -1.61. The van der Waals surface area contributed by atoms with Crippen LogP contribution in [0.15, 0.2) is 57.7 Å². The number of guanidine groups is 1. The Balaban J connectivity index is 0.00000320. The zero-order chi connectivity index (χ0) is 20.7. The van der Waals surface area contributed by atoms with E-state index in [1.807, 2.05) is 6.07 Å². The number of nitrogens with one attached hydrogen (secondary N) is 2. The lowest BCUT2D eigenvalue weighted by Gasteiger charge is -2.31. The molecule has 1 aliphatic rings. The molecule has 1 saturated heterocycles. The standard InChI is InChI=1S/C21H30N4O2S2.HI/c1-17(20-9-6-14-28-20)15-23-21(22-2)24-16-18-10-12-25(13-11-18)29(26,27)19-7-4-3-5-8-19;/h3-9,14,17-18H,10-13,15-16H2,1-2H3,(H2,22,23,24);1H. The first-order valence-electron chi connectivity index (χ1n) is 10.0. The number of halogens is 1. The van der Waals surface area contributed by atoms with Crippen molar-refractivity contribution < 1.29 is 8.42 Å². The van der Waals surface area contributed by atoms with Crippen molar-refractivity contribution in [2.45, 2.75) is 30.6 Å². The van der Waals surface area contributed by atoms with E-state index in [4.69, 9.17) is 0 Å². The van der Waals surface area contributed by atoms with Gasteiger partial charge in [0.25, 0.3) is 0 Å². The van der Waals surface area contributed by atoms with Gasteiger partial charge in [-0.3, -0.25) is 4.99 Å². The maximum atomic E-state index is 12.7. The molecular weight excluding hydrogens is 531 g/mol. The van der Waals surface area contributed by atoms with E-state index >= 15 is 0 Å². The molecule has 2 heterocycles. The molecule has 3 rings (SSSR count). The zero-order valence-electron chi connectivity index (χ0n) is 17.5. The van der Waals surface area contributed by atoms with Crippen molar-refractivity contribution >= 4 is 51.3 Å². The fourth-order valence-electron chi connectivity index (χ4n) is 3.48. The third-order valence-electron chi connectivity index (χ3n) is 5.34. The van der Waals surface area contributed by atoms with Crippen molar-refractivity contribution in [3.8, 4) is 0 Å². The summed E-state index contributed by atoms with van der Waals surface area (Å²) in [6.45, 7) is 4.95. The molecule has 1 aromatic carbocycles. The Hall–Kier alpha value is -1.17. The Labute approximate surface area is 201 Å². The van der Waals surface area contributed by atoms with E-state index in [-0.39, 0.29) is 24.0 Å². The summed E-state index contributed by atoms with van der Waals surface area (Å²) in [6.07, 6.45) is 1.70. The summed E-state index contributed by atoms with van der Waals surface area (Å²) in [5, 5.41) is 8.89. The number of rotatable bonds is 7. The van der Waals surface area contributed by atoms with Crippen LogP contribution in [0.1, 0.15) is 30.6 Å². The lowest BCUT2D eigenvalue weighted by Crippen LogP contribution is -2.44. The first-order chi connectivity index (χ1) is 14.0. The summed E-state index contributed by atoms with van der Waals surface area (Å²) in [5.74, 6) is 1.67. The van der Waals surface area contributed by atoms with E-state index in [0.717, 1.165) is 31.9 Å². The first kappa shape index (κ1) is 25.1. The van der Waals surface area contributed by atoms with Crippen LogP contribution in [0.5, 0.6) is 0 Å². The van der Waals surface area contributed by atoms with Crippen LogP contribution in [0.3, 0.4) is 0 Å². The highest BCUT2D eigenvalue weighted by Crippen LogP contribution is 2.23. The van der Waals surface area contributed by atoms with Gasteiger partial charge in [0.1, 0.15) is 0 Å². The molecule has 0 amide bonds. The molecule has 6 nitrogen and oxygen atoms in total. The van der Waals surface area contributed by atoms with Crippen molar-refractivity contribution in [1.82, 2.24) is 14.9 Å². The van der Waals surface area contributed by atoms with E-state index in [2.05, 4.69) is 40.1 Å². The van der Waals surface area contributed by atoms with Crippen LogP contribution in [-0.4, -0.2) is 51.9 Å². The zero-order valence-corrected chi connectivity index (χ0v) is 21.4. The van der Waals surface area contributed by atoms with Gasteiger partial charge in [-0.1, -0.05) is 31.2 Å². The van der Waals surface area contributed by atoms with Gasteiger partial charge in [0, 0.05) is 44.0 Å². The van der Waals surface area contributed by atoms with Crippen LogP contribution < -0.4 is 10.6 Å². The van der Waals surface area contributed by atoms with E-state index in [1.165, 1.54) is 4.88 Å². The summed E-state index contributed by atoms with van der Waals surface area (Å²) in [6, 6.07) is 12.9. The molecule has 166 valence electrons. The van der Waals surface area contributed by atoms with Crippen LogP contribution in [-0.2, 0) is 10.0 Å². The van der Waals surface area contributed by atoms with Gasteiger partial charge in [-0.2, -0.15) is 4.31 Å². The van der Waals surface area contributed by atoms with Crippen molar-refractivity contribution in [1.29, 1.82) is 0 Å². The number of piperidine rings is 1. The second-order valence-electron chi connectivity index (χ2n) is 7.41. The second kappa shape index (κ2) is 12.0. The topological polar surface area (TPSA) is 73.8 Å². The Bertz CT molecular complexity index is 881. The number of nitrogens with zero attached hydrogens (tertiary/aromatic N) is 2. The van der Waals surface area contributed by atoms with Crippen LogP contribution in [0.25, 0.3) is 0 Å². The molecule has 0 radical (unpaired) electrons. The van der Waals surface area contributed by atoms with Crippen molar-refractivity contribution in [3.05, 3.63) is 52.7 Å². The van der Waals surface area contributed by atoms with Gasteiger partial charge < -0.3 is 10.6 Å². The lowest BCUT2D eigenvalue weighted by molar-refractivity contribution is 0.273. The summed E-state index contributed by atoms with van der Waals surface area (Å²) < 4.78 is 27.1. The lowest BCUT2D eigenvalue weighted by atomic mass is 9.98. The van der Waals surface area contributed by atoms with Crippen LogP contribution >= 0.6 is 35.3 Å². The summed E-state index contributed by atoms with van der Waals surface area (Å²) in [5.41, 5.74) is 0. The molecule has 0 bridgehead atoms. The Morgan fingerprint density at radius 3 is 2.47 bits per heavy atom. The van der Waals surface area contributed by atoms with E-state index < -0.39 is 10.0 Å². The fourth-order valence-corrected chi connectivity index (χ4v) is 5.76. The van der Waals surface area contributed by atoms with Crippen molar-refractivity contribution in [2.24, 2.45) is 10.9 Å². The molecule has 1 unspecified atom stereocenters. The molecule has 2 aromatic rings. The number of sulfonamides is 1. The third kappa shape index (κ3) is 6.66. The minimum absolute atomic E-state index is 0. The predicted octanol–water partition coefficient (Wildman–Crippen LogP) is 3.74. The quantitative estimate of drug-likeness (QED) is 0.307. The average Bonchev–Trinajstić information content (AvgIpc) is 3.30. The van der Waals surface area contributed by atoms with Crippen LogP contribution in [0.2, 0.25) is 0 Å². The molecule has 30 heavy (non-hydrogen) atoms. The third-order valence-corrected chi connectivity index (χ3v) is 8.36. The summed E-state index contributed by atoms with van der Waals surface area (Å²) in [4.78, 5) is 6.05. The minimum atomic E-state index is -3.38. The van der Waals surface area contributed by atoms with Gasteiger partial charge in [0.05, 0.1) is 4.90 Å². The molecule has 0 saturated carbocycles. The first-order valence-corrected chi connectivity index (χ1v) is 12.4. The highest BCUT2D eigenvalue weighted by molar-refractivity contribution is 14.0. The van der Waals surface area contributed by atoms with Crippen molar-refractivity contribution in [3.63, 3.8) is 0 Å². The molecule has 9 heteroatoms. The molecule has 1 aromatic heterocycles. The predicted molar refractivity (Wildman–Crippen MR) is 135 cm³/mol. The highest BCUT2D eigenvalue weighted by Gasteiger charge is 2.29. The fraction of sp³-hybridized carbons (Fsp3) is 0.476. The van der Waals surface area contributed by atoms with Gasteiger partial charge in [-0.05, 0) is 42.3 Å². The van der Waals surface area contributed by atoms with Crippen molar-refractivity contribution in [2.75, 3.05) is 33.2 Å². The Morgan fingerprint density at radius 1 is 1.17 bits per heavy atom. The highest BCUT2D eigenvalue weighted by atomic mass is 127. The number of benzene rings is 1. The average molecular weight is 563 g/mol. The summed E-state index contributed by atoms with van der Waals surface area (Å²) >= 11 is 1.77. The van der Waals surface area contributed by atoms with Crippen LogP contribution in [0, 0.1) is 5.92 Å². The van der Waals surface area contributed by atoms with Gasteiger partial charge in [0.2, 0.25) is 10.0 Å². The SMILES string of the molecule is CN=C(NCC1CCN(S(=O)(=O)c2ccccc2)CC1)NCC(C)c1cccs1.I. The number of thiophene rings is 1. The monoisotopic (exact) mass is 562 g/mol. The minimum Gasteiger partial charge on any atom is -0.356 e. The maximum Gasteiger partial charge on any atom is 0.243 e. The molecule has 1 aliphatic heterocycles. The normalized spacial score (nSPS) is 17.2. The second-order valence-corrected chi connectivity index (χ2v) is 10.3. The Kier molecular flexibility index (Phi) is 10.1. The molecule has 1 fully saturated rings. The van der Waals surface area contributed by atoms with E-state index in [9.17, 15) is 8.42 Å². The maximum absolute atomic E-state index is 12.7. The van der Waals surface area contributed by atoms with Gasteiger partial charge in [-0.15, -0.1) is 35.3 Å². The smallest absolute Gasteiger partial charge is 0.243 e. The van der Waals surface area contributed by atoms with Gasteiger partial charge >= 0.3 is 0 Å². The van der Waals surface area contributed by atoms with E-state index in [1.54, 1.807) is 47.0 Å². The van der Waals surface area contributed by atoms with Gasteiger partial charge in [-0.25, -0.2) is 8.42 Å². The molecule has 0 aliphatic carbocycles. The molecule has 1 atom stereocenters. The largest absolute Gasteiger partial charge is 0.356 e. The molecular formula is C21H31IN4O2S2. The number of hydrogen-bond donors (Lipinski definition) is 2. The molecule has 2 N–H and O–H groups in total. The number of aliphatic imine (C=N–C) groups is 1. The number of hydrogen-bond acceptors (Lipinski definition) is 4. The van der Waals surface area contributed by atoms with E-state index in [0.29, 0.717) is 29.8 Å². The van der Waals surface area contributed by atoms with Gasteiger partial charge in [0.15, 0.2) is 5.96 Å². The Morgan fingerprint density at radius 2 is 1.87 bits per heavy atom. The molecule has 0 spiro atoms. The van der Waals surface area contributed by atoms with Crippen LogP contribution in [0.4, 0.5) is 0 Å².